The van der Waals surface area contributed by atoms with E-state index in [9.17, 15) is 19.7 Å². The van der Waals surface area contributed by atoms with E-state index in [2.05, 4.69) is 5.32 Å². The number of benzene rings is 3. The van der Waals surface area contributed by atoms with Crippen molar-refractivity contribution in [2.24, 2.45) is 0 Å². The number of hydrogen-bond donors (Lipinski definition) is 1. The van der Waals surface area contributed by atoms with Crippen LogP contribution >= 0.6 is 0 Å². The Bertz CT molecular complexity index is 1160. The fourth-order valence-corrected chi connectivity index (χ4v) is 3.47. The number of amides is 1. The molecule has 1 N–H and O–H groups in total. The number of nitro benzene ring substituents is 1. The van der Waals surface area contributed by atoms with Crippen LogP contribution in [0.5, 0.6) is 17.2 Å². The van der Waals surface area contributed by atoms with E-state index in [1.54, 1.807) is 48.5 Å². The quantitative estimate of drug-likeness (QED) is 0.354. The largest absolute Gasteiger partial charge is 0.496 e. The lowest BCUT2D eigenvalue weighted by molar-refractivity contribution is -0.384. The predicted octanol–water partition coefficient (Wildman–Crippen LogP) is 4.02. The molecule has 0 unspecified atom stereocenters. The summed E-state index contributed by atoms with van der Waals surface area (Å²) in [5, 5.41) is 13.7. The Hall–Kier alpha value is -4.40. The number of para-hydroxylation sites is 2. The van der Waals surface area contributed by atoms with Crippen molar-refractivity contribution in [3.63, 3.8) is 0 Å². The van der Waals surface area contributed by atoms with Gasteiger partial charge >= 0.3 is 5.97 Å². The number of rotatable bonds is 6. The minimum Gasteiger partial charge on any atom is -0.496 e. The van der Waals surface area contributed by atoms with E-state index >= 15 is 0 Å². The summed E-state index contributed by atoms with van der Waals surface area (Å²) < 4.78 is 16.1. The number of nitrogens with zero attached hydrogens (tertiary/aromatic N) is 1. The Morgan fingerprint density at radius 1 is 1.03 bits per heavy atom. The third-order valence-electron chi connectivity index (χ3n) is 4.94. The summed E-state index contributed by atoms with van der Waals surface area (Å²) >= 11 is 0. The third kappa shape index (κ3) is 4.08. The van der Waals surface area contributed by atoms with E-state index in [0.29, 0.717) is 22.6 Å². The van der Waals surface area contributed by atoms with Gasteiger partial charge in [0.15, 0.2) is 6.61 Å². The van der Waals surface area contributed by atoms with Crippen LogP contribution < -0.4 is 14.8 Å². The first-order valence-corrected chi connectivity index (χ1v) is 9.62. The molecule has 4 rings (SSSR count). The molecule has 32 heavy (non-hydrogen) atoms. The lowest BCUT2D eigenvalue weighted by Crippen LogP contribution is -2.26. The predicted molar refractivity (Wildman–Crippen MR) is 114 cm³/mol. The van der Waals surface area contributed by atoms with Gasteiger partial charge in [-0.25, -0.2) is 0 Å². The molecule has 1 heterocycles. The smallest absolute Gasteiger partial charge is 0.318 e. The number of carbonyl (C=O) groups excluding carboxylic acids is 2. The van der Waals surface area contributed by atoms with Gasteiger partial charge in [0, 0.05) is 11.1 Å². The fraction of sp³-hybridized carbons (Fsp3) is 0.130. The topological polar surface area (TPSA) is 117 Å². The Balaban J connectivity index is 1.49. The average Bonchev–Trinajstić information content (AvgIpc) is 2.81. The van der Waals surface area contributed by atoms with Gasteiger partial charge in [0.1, 0.15) is 28.9 Å². The average molecular weight is 434 g/mol. The highest BCUT2D eigenvalue weighted by Crippen LogP contribution is 2.44. The van der Waals surface area contributed by atoms with Crippen molar-refractivity contribution in [3.05, 3.63) is 88.0 Å². The molecular formula is C23H18N2O7. The van der Waals surface area contributed by atoms with Crippen LogP contribution in [-0.4, -0.2) is 30.5 Å². The van der Waals surface area contributed by atoms with Gasteiger partial charge in [-0.1, -0.05) is 36.4 Å². The van der Waals surface area contributed by atoms with Crippen LogP contribution in [0.15, 0.2) is 66.7 Å². The molecule has 0 saturated heterocycles. The number of fused-ring (bicyclic) bond motifs is 2. The minimum absolute atomic E-state index is 0.0291. The number of carbonyl (C=O) groups is 2. The second-order valence-corrected chi connectivity index (χ2v) is 6.91. The molecule has 162 valence electrons. The number of anilines is 1. The maximum absolute atomic E-state index is 13.0. The molecular weight excluding hydrogens is 416 g/mol. The standard InChI is InChI=1S/C23H18N2O7/c1-30-14-10-11-17(18(12-14)25(28)29)24-21(26)13-31-23(27)22-15-6-2-4-8-19(15)32-20-9-5-3-7-16(20)22/h2-12,22H,13H2,1H3,(H,24,26). The van der Waals surface area contributed by atoms with Gasteiger partial charge in [0.05, 0.1) is 18.1 Å². The first kappa shape index (κ1) is 20.9. The fourth-order valence-electron chi connectivity index (χ4n) is 3.47. The second-order valence-electron chi connectivity index (χ2n) is 6.91. The first-order valence-electron chi connectivity index (χ1n) is 9.62. The summed E-state index contributed by atoms with van der Waals surface area (Å²) in [5.74, 6) is -0.761. The molecule has 0 spiro atoms. The Morgan fingerprint density at radius 2 is 1.66 bits per heavy atom. The molecule has 9 heteroatoms. The van der Waals surface area contributed by atoms with Gasteiger partial charge in [-0.05, 0) is 24.3 Å². The molecule has 0 radical (unpaired) electrons. The first-order chi connectivity index (χ1) is 15.5. The van der Waals surface area contributed by atoms with E-state index < -0.39 is 29.3 Å². The highest BCUT2D eigenvalue weighted by Gasteiger charge is 2.34. The van der Waals surface area contributed by atoms with E-state index in [4.69, 9.17) is 14.2 Å². The SMILES string of the molecule is COc1ccc(NC(=O)COC(=O)C2c3ccccc3Oc3ccccc32)c([N+](=O)[O-])c1. The molecule has 0 aliphatic carbocycles. The summed E-state index contributed by atoms with van der Waals surface area (Å²) in [7, 11) is 1.38. The zero-order chi connectivity index (χ0) is 22.7. The summed E-state index contributed by atoms with van der Waals surface area (Å²) in [6.07, 6.45) is 0. The highest BCUT2D eigenvalue weighted by molar-refractivity contribution is 5.96. The maximum Gasteiger partial charge on any atom is 0.318 e. The lowest BCUT2D eigenvalue weighted by Gasteiger charge is -2.26. The molecule has 1 aliphatic rings. The molecule has 1 amide bonds. The lowest BCUT2D eigenvalue weighted by atomic mass is 9.88. The third-order valence-corrected chi connectivity index (χ3v) is 4.94. The Labute approximate surface area is 182 Å². The Kier molecular flexibility index (Phi) is 5.71. The van der Waals surface area contributed by atoms with Gasteiger partial charge in [0.25, 0.3) is 11.6 Å². The van der Waals surface area contributed by atoms with Crippen molar-refractivity contribution >= 4 is 23.3 Å². The molecule has 3 aromatic rings. The molecule has 1 aliphatic heterocycles. The summed E-state index contributed by atoms with van der Waals surface area (Å²) in [6, 6.07) is 18.2. The molecule has 9 nitrogen and oxygen atoms in total. The number of methoxy groups -OCH3 is 1. The van der Waals surface area contributed by atoms with Crippen LogP contribution in [0.25, 0.3) is 0 Å². The molecule has 0 saturated carbocycles. The number of ether oxygens (including phenoxy) is 3. The monoisotopic (exact) mass is 434 g/mol. The van der Waals surface area contributed by atoms with Gasteiger partial charge in [-0.2, -0.15) is 0 Å². The van der Waals surface area contributed by atoms with Crippen LogP contribution in [0.3, 0.4) is 0 Å². The van der Waals surface area contributed by atoms with Crippen LogP contribution in [0.2, 0.25) is 0 Å². The molecule has 0 bridgehead atoms. The zero-order valence-electron chi connectivity index (χ0n) is 16.9. The van der Waals surface area contributed by atoms with Gasteiger partial charge in [-0.3, -0.25) is 19.7 Å². The van der Waals surface area contributed by atoms with Crippen LogP contribution in [0.1, 0.15) is 17.0 Å². The molecule has 0 aromatic heterocycles. The van der Waals surface area contributed by atoms with Crippen LogP contribution in [-0.2, 0) is 14.3 Å². The van der Waals surface area contributed by atoms with Crippen molar-refractivity contribution < 1.29 is 28.7 Å². The van der Waals surface area contributed by atoms with Gasteiger partial charge in [0.2, 0.25) is 0 Å². The molecule has 3 aromatic carbocycles. The van der Waals surface area contributed by atoms with E-state index in [-0.39, 0.29) is 17.1 Å². The number of esters is 1. The molecule has 0 atom stereocenters. The number of nitro groups is 1. The van der Waals surface area contributed by atoms with Crippen molar-refractivity contribution in [1.82, 2.24) is 0 Å². The van der Waals surface area contributed by atoms with Crippen molar-refractivity contribution in [1.29, 1.82) is 0 Å². The second kappa shape index (κ2) is 8.76. The molecule has 0 fully saturated rings. The zero-order valence-corrected chi connectivity index (χ0v) is 16.9. The van der Waals surface area contributed by atoms with E-state index in [1.807, 2.05) is 0 Å². The van der Waals surface area contributed by atoms with Gasteiger partial charge < -0.3 is 19.5 Å². The van der Waals surface area contributed by atoms with Crippen LogP contribution in [0.4, 0.5) is 11.4 Å². The number of hydrogen-bond acceptors (Lipinski definition) is 7. The van der Waals surface area contributed by atoms with Crippen molar-refractivity contribution in [2.75, 3.05) is 19.0 Å². The van der Waals surface area contributed by atoms with Crippen LogP contribution in [0, 0.1) is 10.1 Å². The van der Waals surface area contributed by atoms with E-state index in [1.165, 1.54) is 25.3 Å². The summed E-state index contributed by atoms with van der Waals surface area (Å²) in [5.41, 5.74) is 0.889. The number of nitrogens with one attached hydrogen (secondary N) is 1. The highest BCUT2D eigenvalue weighted by atomic mass is 16.6. The van der Waals surface area contributed by atoms with Crippen molar-refractivity contribution in [2.45, 2.75) is 5.92 Å². The Morgan fingerprint density at radius 3 is 2.25 bits per heavy atom. The van der Waals surface area contributed by atoms with Crippen molar-refractivity contribution in [3.8, 4) is 17.2 Å². The summed E-state index contributed by atoms with van der Waals surface area (Å²) in [4.78, 5) is 36.0. The van der Waals surface area contributed by atoms with Gasteiger partial charge in [-0.15, -0.1) is 0 Å². The normalized spacial score (nSPS) is 12.0. The maximum atomic E-state index is 13.0. The van der Waals surface area contributed by atoms with E-state index in [0.717, 1.165) is 0 Å². The summed E-state index contributed by atoms with van der Waals surface area (Å²) in [6.45, 7) is -0.607. The minimum atomic E-state index is -0.765.